The molecule has 1 atom stereocenters. The van der Waals surface area contributed by atoms with E-state index < -0.39 is 5.82 Å². The smallest absolute Gasteiger partial charge is 0.180 e. The zero-order valence-corrected chi connectivity index (χ0v) is 19.5. The number of Topliss-reactive ketones (excluding diaryl/α,β-unsaturated/α-hetero) is 1. The highest BCUT2D eigenvalue weighted by Gasteiger charge is 2.34. The van der Waals surface area contributed by atoms with Crippen LogP contribution in [0.4, 0.5) is 10.2 Å². The van der Waals surface area contributed by atoms with E-state index in [4.69, 9.17) is 9.05 Å². The summed E-state index contributed by atoms with van der Waals surface area (Å²) in [6, 6.07) is 14.4. The van der Waals surface area contributed by atoms with Crippen molar-refractivity contribution in [2.24, 2.45) is 5.92 Å². The lowest BCUT2D eigenvalue weighted by Crippen LogP contribution is -2.46. The number of anilines is 1. The second-order valence-corrected chi connectivity index (χ2v) is 9.38. The summed E-state index contributed by atoms with van der Waals surface area (Å²) in [6.45, 7) is 4.65. The highest BCUT2D eigenvalue weighted by molar-refractivity contribution is 6.04. The minimum atomic E-state index is -0.392. The molecule has 2 aromatic heterocycles. The molecule has 1 saturated heterocycles. The molecule has 7 nitrogen and oxygen atoms in total. The first-order valence-corrected chi connectivity index (χ1v) is 12.3. The van der Waals surface area contributed by atoms with E-state index in [-0.39, 0.29) is 11.7 Å². The van der Waals surface area contributed by atoms with Gasteiger partial charge in [-0.1, -0.05) is 34.6 Å². The van der Waals surface area contributed by atoms with Crippen molar-refractivity contribution in [1.29, 1.82) is 0 Å². The summed E-state index contributed by atoms with van der Waals surface area (Å²) in [5, 5.41) is 9.39. The quantitative estimate of drug-likeness (QED) is 0.391. The molecule has 2 aromatic carbocycles. The Morgan fingerprint density at radius 2 is 1.77 bits per heavy atom. The molecule has 8 heteroatoms. The van der Waals surface area contributed by atoms with Crippen molar-refractivity contribution in [2.45, 2.75) is 25.7 Å². The van der Waals surface area contributed by atoms with E-state index >= 15 is 0 Å². The number of para-hydroxylation sites is 1. The maximum Gasteiger partial charge on any atom is 0.180 e. The summed E-state index contributed by atoms with van der Waals surface area (Å²) in [6.07, 6.45) is 3.18. The van der Waals surface area contributed by atoms with E-state index in [9.17, 15) is 9.18 Å². The lowest BCUT2D eigenvalue weighted by atomic mass is 9.82. The van der Waals surface area contributed by atoms with Gasteiger partial charge in [-0.2, -0.15) is 0 Å². The Kier molecular flexibility index (Phi) is 5.82. The molecule has 0 bridgehead atoms. The number of hydrogen-bond acceptors (Lipinski definition) is 7. The first-order valence-electron chi connectivity index (χ1n) is 12.3. The number of ketones is 1. The molecule has 35 heavy (non-hydrogen) atoms. The summed E-state index contributed by atoms with van der Waals surface area (Å²) in [4.78, 5) is 18.0. The molecule has 4 aromatic rings. The first-order chi connectivity index (χ1) is 17.2. The monoisotopic (exact) mass is 474 g/mol. The molecule has 6 rings (SSSR count). The van der Waals surface area contributed by atoms with Crippen LogP contribution in [-0.2, 0) is 6.42 Å². The van der Waals surface area contributed by atoms with Crippen molar-refractivity contribution < 1.29 is 18.2 Å². The van der Waals surface area contributed by atoms with Gasteiger partial charge in [-0.05, 0) is 50.1 Å². The van der Waals surface area contributed by atoms with Crippen LogP contribution in [0, 0.1) is 11.7 Å². The number of carbonyl (C=O) groups excluding carboxylic acids is 1. The SMILES string of the molecule is O=C1c2c(-c3ccccc3F)noc2CCC1CCCN1CCN(c2noc3ccccc23)CC1. The summed E-state index contributed by atoms with van der Waals surface area (Å²) >= 11 is 0. The van der Waals surface area contributed by atoms with Gasteiger partial charge in [0.15, 0.2) is 17.2 Å². The zero-order valence-electron chi connectivity index (χ0n) is 19.5. The number of piperazine rings is 1. The molecular weight excluding hydrogens is 447 g/mol. The van der Waals surface area contributed by atoms with Gasteiger partial charge in [0.1, 0.15) is 17.3 Å². The molecule has 0 spiro atoms. The van der Waals surface area contributed by atoms with Gasteiger partial charge in [-0.3, -0.25) is 9.69 Å². The van der Waals surface area contributed by atoms with E-state index in [1.165, 1.54) is 6.07 Å². The van der Waals surface area contributed by atoms with Crippen LogP contribution in [0.1, 0.15) is 35.4 Å². The van der Waals surface area contributed by atoms with E-state index in [1.54, 1.807) is 18.2 Å². The molecule has 3 heterocycles. The van der Waals surface area contributed by atoms with Crippen LogP contribution in [-0.4, -0.2) is 53.7 Å². The van der Waals surface area contributed by atoms with Crippen LogP contribution < -0.4 is 4.90 Å². The van der Waals surface area contributed by atoms with Crippen LogP contribution in [0.2, 0.25) is 0 Å². The van der Waals surface area contributed by atoms with Crippen molar-refractivity contribution in [3.8, 4) is 11.3 Å². The minimum Gasteiger partial charge on any atom is -0.360 e. The second kappa shape index (κ2) is 9.26. The summed E-state index contributed by atoms with van der Waals surface area (Å²) in [5.74, 6) is 1.07. The van der Waals surface area contributed by atoms with Crippen LogP contribution in [0.15, 0.2) is 57.6 Å². The third-order valence-corrected chi connectivity index (χ3v) is 7.29. The van der Waals surface area contributed by atoms with Gasteiger partial charge in [-0.25, -0.2) is 4.39 Å². The largest absolute Gasteiger partial charge is 0.360 e. The van der Waals surface area contributed by atoms with Crippen LogP contribution in [0.3, 0.4) is 0 Å². The number of benzene rings is 2. The highest BCUT2D eigenvalue weighted by Crippen LogP contribution is 2.36. The van der Waals surface area contributed by atoms with E-state index in [0.717, 1.165) is 68.8 Å². The Balaban J connectivity index is 1.04. The van der Waals surface area contributed by atoms with E-state index in [2.05, 4.69) is 20.1 Å². The Morgan fingerprint density at radius 3 is 2.63 bits per heavy atom. The fraction of sp³-hybridized carbons (Fsp3) is 0.370. The number of halogens is 1. The molecular formula is C27H27FN4O3. The minimum absolute atomic E-state index is 0.0356. The lowest BCUT2D eigenvalue weighted by molar-refractivity contribution is 0.0884. The number of aryl methyl sites for hydroxylation is 1. The molecule has 1 aliphatic carbocycles. The van der Waals surface area contributed by atoms with Crippen LogP contribution in [0.25, 0.3) is 22.2 Å². The normalized spacial score (nSPS) is 18.8. The van der Waals surface area contributed by atoms with Gasteiger partial charge >= 0.3 is 0 Å². The zero-order chi connectivity index (χ0) is 23.8. The van der Waals surface area contributed by atoms with E-state index in [1.807, 2.05) is 24.3 Å². The Bertz CT molecular complexity index is 1360. The molecule has 0 radical (unpaired) electrons. The summed E-state index contributed by atoms with van der Waals surface area (Å²) in [5.41, 5.74) is 1.95. The standard InChI is InChI=1S/C27H27FN4O3/c28-21-9-3-1-7-19(21)25-24-23(35-29-25)12-11-18(26(24)33)6-5-13-31-14-16-32(17-15-31)27-20-8-2-4-10-22(20)34-30-27/h1-4,7-10,18H,5-6,11-17H2. The number of nitrogens with zero attached hydrogens (tertiary/aromatic N) is 4. The Labute approximate surface area is 202 Å². The Morgan fingerprint density at radius 1 is 0.971 bits per heavy atom. The van der Waals surface area contributed by atoms with Gasteiger partial charge in [0, 0.05) is 44.1 Å². The molecule has 1 aliphatic heterocycles. The van der Waals surface area contributed by atoms with Gasteiger partial charge in [0.05, 0.1) is 10.9 Å². The van der Waals surface area contributed by atoms with Gasteiger partial charge in [0.25, 0.3) is 0 Å². The average molecular weight is 475 g/mol. The summed E-state index contributed by atoms with van der Waals surface area (Å²) < 4.78 is 25.2. The molecule has 0 saturated carbocycles. The van der Waals surface area contributed by atoms with Crippen LogP contribution >= 0.6 is 0 Å². The third kappa shape index (κ3) is 4.12. The topological polar surface area (TPSA) is 75.6 Å². The maximum absolute atomic E-state index is 14.3. The highest BCUT2D eigenvalue weighted by atomic mass is 19.1. The predicted octanol–water partition coefficient (Wildman–Crippen LogP) is 4.97. The first kappa shape index (κ1) is 22.0. The molecule has 0 amide bonds. The van der Waals surface area contributed by atoms with Crippen molar-refractivity contribution >= 4 is 22.6 Å². The van der Waals surface area contributed by atoms with Crippen molar-refractivity contribution in [2.75, 3.05) is 37.6 Å². The van der Waals surface area contributed by atoms with Crippen molar-refractivity contribution in [1.82, 2.24) is 15.2 Å². The predicted molar refractivity (Wildman–Crippen MR) is 130 cm³/mol. The number of aromatic nitrogens is 2. The number of fused-ring (bicyclic) bond motifs is 2. The number of carbonyl (C=O) groups is 1. The maximum atomic E-state index is 14.3. The number of rotatable bonds is 6. The van der Waals surface area contributed by atoms with Gasteiger partial charge < -0.3 is 13.9 Å². The molecule has 180 valence electrons. The van der Waals surface area contributed by atoms with Crippen molar-refractivity contribution in [3.05, 3.63) is 65.7 Å². The third-order valence-electron chi connectivity index (χ3n) is 7.29. The molecule has 1 unspecified atom stereocenters. The molecule has 2 aliphatic rings. The van der Waals surface area contributed by atoms with Gasteiger partial charge in [-0.15, -0.1) is 0 Å². The molecule has 0 N–H and O–H groups in total. The second-order valence-electron chi connectivity index (χ2n) is 9.38. The van der Waals surface area contributed by atoms with E-state index in [0.29, 0.717) is 29.0 Å². The van der Waals surface area contributed by atoms with Gasteiger partial charge in [0.2, 0.25) is 0 Å². The van der Waals surface area contributed by atoms with Crippen LogP contribution in [0.5, 0.6) is 0 Å². The molecule has 1 fully saturated rings. The lowest BCUT2D eigenvalue weighted by Gasteiger charge is -2.35. The average Bonchev–Trinajstić information content (AvgIpc) is 3.51. The fourth-order valence-electron chi connectivity index (χ4n) is 5.35. The van der Waals surface area contributed by atoms with Crippen molar-refractivity contribution in [3.63, 3.8) is 0 Å². The fourth-order valence-corrected chi connectivity index (χ4v) is 5.35. The number of hydrogen-bond donors (Lipinski definition) is 0. The summed E-state index contributed by atoms with van der Waals surface area (Å²) in [7, 11) is 0. The Hall–Kier alpha value is -3.52.